The van der Waals surface area contributed by atoms with Gasteiger partial charge in [0, 0.05) is 61.8 Å². The fourth-order valence-electron chi connectivity index (χ4n) is 4.00. The van der Waals surface area contributed by atoms with Crippen LogP contribution in [0.3, 0.4) is 0 Å². The Balaban J connectivity index is 1.28. The molecule has 2 amide bonds. The Kier molecular flexibility index (Phi) is 6.61. The van der Waals surface area contributed by atoms with Crippen LogP contribution >= 0.6 is 0 Å². The summed E-state index contributed by atoms with van der Waals surface area (Å²) in [6, 6.07) is 9.51. The first kappa shape index (κ1) is 22.8. The fraction of sp³-hybridized carbons (Fsp3) is 0.360. The molecular formula is C25H28N8O2. The van der Waals surface area contributed by atoms with Gasteiger partial charge < -0.3 is 25.2 Å². The van der Waals surface area contributed by atoms with E-state index in [9.17, 15) is 4.79 Å². The minimum Gasteiger partial charge on any atom is -0.381 e. The lowest BCUT2D eigenvalue weighted by Crippen LogP contribution is -2.44. The zero-order valence-corrected chi connectivity index (χ0v) is 19.6. The van der Waals surface area contributed by atoms with Crippen LogP contribution in [-0.4, -0.2) is 78.9 Å². The molecule has 2 aliphatic rings. The molecule has 35 heavy (non-hydrogen) atoms. The first-order valence-electron chi connectivity index (χ1n) is 11.6. The van der Waals surface area contributed by atoms with Gasteiger partial charge in [-0.25, -0.2) is 14.8 Å². The summed E-state index contributed by atoms with van der Waals surface area (Å²) < 4.78 is 5.12. The molecular weight excluding hydrogens is 444 g/mol. The number of terminal acetylenes is 1. The lowest BCUT2D eigenvalue weighted by atomic mass is 10.1. The number of ether oxygens (including phenoxy) is 1. The van der Waals surface area contributed by atoms with Crippen LogP contribution in [0.1, 0.15) is 5.56 Å². The van der Waals surface area contributed by atoms with Gasteiger partial charge in [0.15, 0.2) is 5.65 Å². The van der Waals surface area contributed by atoms with E-state index in [1.54, 1.807) is 12.3 Å². The van der Waals surface area contributed by atoms with Crippen molar-refractivity contribution in [2.75, 3.05) is 68.5 Å². The van der Waals surface area contributed by atoms with E-state index in [2.05, 4.69) is 65.8 Å². The quantitative estimate of drug-likeness (QED) is 0.469. The van der Waals surface area contributed by atoms with E-state index in [-0.39, 0.29) is 6.03 Å². The zero-order valence-electron chi connectivity index (χ0n) is 19.6. The first-order valence-corrected chi connectivity index (χ1v) is 11.6. The predicted molar refractivity (Wildman–Crippen MR) is 136 cm³/mol. The van der Waals surface area contributed by atoms with Gasteiger partial charge >= 0.3 is 6.03 Å². The van der Waals surface area contributed by atoms with Crippen molar-refractivity contribution in [1.82, 2.24) is 25.2 Å². The van der Waals surface area contributed by atoms with Crippen LogP contribution in [-0.2, 0) is 4.74 Å². The SMILES string of the molecule is C#Cc1cc(NC(=O)NCC2COC2)nc2nc(Nc3ccc(N4CCN(C)CC4)cc3)ncc12. The second kappa shape index (κ2) is 10.1. The van der Waals surface area contributed by atoms with Gasteiger partial charge in [0.05, 0.1) is 18.6 Å². The zero-order chi connectivity index (χ0) is 24.2. The molecule has 2 saturated heterocycles. The lowest BCUT2D eigenvalue weighted by molar-refractivity contribution is -0.0292. The highest BCUT2D eigenvalue weighted by Crippen LogP contribution is 2.23. The van der Waals surface area contributed by atoms with Gasteiger partial charge in [0.2, 0.25) is 5.95 Å². The third kappa shape index (κ3) is 5.42. The molecule has 3 aromatic rings. The number of likely N-dealkylation sites (N-methyl/N-ethyl adjacent to an activating group) is 1. The second-order valence-corrected chi connectivity index (χ2v) is 8.83. The van der Waals surface area contributed by atoms with E-state index < -0.39 is 0 Å². The Morgan fingerprint density at radius 3 is 2.63 bits per heavy atom. The molecule has 1 aromatic carbocycles. The number of amides is 2. The summed E-state index contributed by atoms with van der Waals surface area (Å²) >= 11 is 0. The normalized spacial score (nSPS) is 16.4. The standard InChI is InChI=1S/C25H28N8O2/c1-3-18-12-22(30-25(34)27-13-17-15-35-16-17)29-23-21(18)14-26-24(31-23)28-19-4-6-20(7-5-19)33-10-8-32(2)9-11-33/h1,4-7,12,14,17H,8-11,13,15-16H2,2H3,(H3,26,27,28,29,30,31,34). The molecule has 180 valence electrons. The summed E-state index contributed by atoms with van der Waals surface area (Å²) in [6.45, 7) is 6.04. The number of carbonyl (C=O) groups excluding carboxylic acids is 1. The van der Waals surface area contributed by atoms with Crippen LogP contribution in [0.25, 0.3) is 11.0 Å². The number of benzene rings is 1. The van der Waals surface area contributed by atoms with E-state index in [0.717, 1.165) is 31.9 Å². The van der Waals surface area contributed by atoms with Crippen LogP contribution in [0, 0.1) is 18.3 Å². The number of anilines is 4. The van der Waals surface area contributed by atoms with Crippen LogP contribution < -0.4 is 20.9 Å². The summed E-state index contributed by atoms with van der Waals surface area (Å²) in [5.41, 5.74) is 3.02. The Morgan fingerprint density at radius 2 is 1.94 bits per heavy atom. The lowest BCUT2D eigenvalue weighted by Gasteiger charge is -2.34. The van der Waals surface area contributed by atoms with Gasteiger partial charge in [-0.15, -0.1) is 6.42 Å². The van der Waals surface area contributed by atoms with Crippen molar-refractivity contribution in [3.05, 3.63) is 42.1 Å². The third-order valence-electron chi connectivity index (χ3n) is 6.21. The van der Waals surface area contributed by atoms with Crippen molar-refractivity contribution >= 4 is 40.2 Å². The van der Waals surface area contributed by atoms with Crippen LogP contribution in [0.2, 0.25) is 0 Å². The van der Waals surface area contributed by atoms with E-state index in [0.29, 0.717) is 54.0 Å². The number of aromatic nitrogens is 3. The highest BCUT2D eigenvalue weighted by Gasteiger charge is 2.19. The number of carbonyl (C=O) groups is 1. The molecule has 0 spiro atoms. The minimum atomic E-state index is -0.348. The number of nitrogens with zero attached hydrogens (tertiary/aromatic N) is 5. The van der Waals surface area contributed by atoms with Crippen LogP contribution in [0.4, 0.5) is 27.9 Å². The van der Waals surface area contributed by atoms with Gasteiger partial charge in [-0.05, 0) is 37.4 Å². The molecule has 0 saturated carbocycles. The Labute approximate surface area is 204 Å². The number of rotatable bonds is 6. The van der Waals surface area contributed by atoms with Crippen molar-refractivity contribution < 1.29 is 9.53 Å². The first-order chi connectivity index (χ1) is 17.1. The summed E-state index contributed by atoms with van der Waals surface area (Å²) in [5, 5.41) is 9.42. The molecule has 0 unspecified atom stereocenters. The molecule has 4 heterocycles. The van der Waals surface area contributed by atoms with Gasteiger partial charge in [0.25, 0.3) is 0 Å². The Hall–Kier alpha value is -3.94. The maximum atomic E-state index is 12.3. The van der Waals surface area contributed by atoms with Crippen LogP contribution in [0.15, 0.2) is 36.5 Å². The molecule has 10 nitrogen and oxygen atoms in total. The number of pyridine rings is 1. The number of hydrogen-bond donors (Lipinski definition) is 3. The molecule has 0 atom stereocenters. The number of urea groups is 1. The molecule has 0 bridgehead atoms. The van der Waals surface area contributed by atoms with Crippen molar-refractivity contribution in [1.29, 1.82) is 0 Å². The predicted octanol–water partition coefficient (Wildman–Crippen LogP) is 2.27. The third-order valence-corrected chi connectivity index (χ3v) is 6.21. The fourth-order valence-corrected chi connectivity index (χ4v) is 4.00. The summed E-state index contributed by atoms with van der Waals surface area (Å²) in [6.07, 6.45) is 7.33. The highest BCUT2D eigenvalue weighted by molar-refractivity contribution is 5.91. The molecule has 5 rings (SSSR count). The highest BCUT2D eigenvalue weighted by atomic mass is 16.5. The number of nitrogens with one attached hydrogen (secondary N) is 3. The maximum Gasteiger partial charge on any atom is 0.320 e. The molecule has 2 aliphatic heterocycles. The summed E-state index contributed by atoms with van der Waals surface area (Å²) in [5.74, 6) is 3.70. The average Bonchev–Trinajstić information content (AvgIpc) is 2.83. The Morgan fingerprint density at radius 1 is 1.17 bits per heavy atom. The van der Waals surface area contributed by atoms with Gasteiger partial charge in [-0.2, -0.15) is 4.98 Å². The van der Waals surface area contributed by atoms with E-state index >= 15 is 0 Å². The van der Waals surface area contributed by atoms with E-state index in [4.69, 9.17) is 11.2 Å². The summed E-state index contributed by atoms with van der Waals surface area (Å²) in [4.78, 5) is 30.4. The molecule has 0 radical (unpaired) electrons. The van der Waals surface area contributed by atoms with Gasteiger partial charge in [0.1, 0.15) is 5.82 Å². The molecule has 10 heteroatoms. The number of fused-ring (bicyclic) bond motifs is 1. The van der Waals surface area contributed by atoms with Gasteiger partial charge in [-0.3, -0.25) is 5.32 Å². The maximum absolute atomic E-state index is 12.3. The molecule has 2 fully saturated rings. The van der Waals surface area contributed by atoms with Crippen molar-refractivity contribution in [3.63, 3.8) is 0 Å². The number of piperazine rings is 1. The minimum absolute atomic E-state index is 0.328. The van der Waals surface area contributed by atoms with Crippen molar-refractivity contribution in [3.8, 4) is 12.3 Å². The Bertz CT molecular complexity index is 1240. The van der Waals surface area contributed by atoms with Crippen molar-refractivity contribution in [2.45, 2.75) is 0 Å². The number of hydrogen-bond acceptors (Lipinski definition) is 8. The molecule has 2 aromatic heterocycles. The van der Waals surface area contributed by atoms with E-state index in [1.807, 2.05) is 12.1 Å². The second-order valence-electron chi connectivity index (χ2n) is 8.83. The average molecular weight is 473 g/mol. The topological polar surface area (TPSA) is 108 Å². The summed E-state index contributed by atoms with van der Waals surface area (Å²) in [7, 11) is 2.15. The smallest absolute Gasteiger partial charge is 0.320 e. The van der Waals surface area contributed by atoms with Crippen molar-refractivity contribution in [2.24, 2.45) is 5.92 Å². The molecule has 0 aliphatic carbocycles. The largest absolute Gasteiger partial charge is 0.381 e. The van der Waals surface area contributed by atoms with Gasteiger partial charge in [-0.1, -0.05) is 5.92 Å². The van der Waals surface area contributed by atoms with Crippen LogP contribution in [0.5, 0.6) is 0 Å². The monoisotopic (exact) mass is 472 g/mol. The molecule has 3 N–H and O–H groups in total. The van der Waals surface area contributed by atoms with E-state index in [1.165, 1.54) is 5.69 Å².